The second kappa shape index (κ2) is 7.02. The zero-order valence-electron chi connectivity index (χ0n) is 11.9. The van der Waals surface area contributed by atoms with Crippen molar-refractivity contribution in [2.45, 2.75) is 19.8 Å². The molecule has 0 radical (unpaired) electrons. The van der Waals surface area contributed by atoms with Gasteiger partial charge in [0.15, 0.2) is 0 Å². The molecule has 4 nitrogen and oxygen atoms in total. The molecule has 1 saturated heterocycles. The lowest BCUT2D eigenvalue weighted by molar-refractivity contribution is -0.130. The molecule has 6 heteroatoms. The van der Waals surface area contributed by atoms with Gasteiger partial charge in [0.05, 0.1) is 10.0 Å². The van der Waals surface area contributed by atoms with Crippen molar-refractivity contribution in [2.24, 2.45) is 0 Å². The molecule has 0 N–H and O–H groups in total. The lowest BCUT2D eigenvalue weighted by atomic mass is 10.2. The van der Waals surface area contributed by atoms with Gasteiger partial charge in [0.2, 0.25) is 5.91 Å². The molecule has 0 aliphatic carbocycles. The molecule has 2 amide bonds. The van der Waals surface area contributed by atoms with Crippen LogP contribution in [0.5, 0.6) is 0 Å². The van der Waals surface area contributed by atoms with E-state index in [0.29, 0.717) is 38.2 Å². The molecule has 21 heavy (non-hydrogen) atoms. The van der Waals surface area contributed by atoms with Crippen molar-refractivity contribution < 1.29 is 14.0 Å². The molecule has 1 aromatic rings. The Hall–Kier alpha value is -1.43. The van der Waals surface area contributed by atoms with Crippen molar-refractivity contribution in [1.82, 2.24) is 9.80 Å². The Bertz CT molecular complexity index is 550. The average Bonchev–Trinajstić information content (AvgIpc) is 2.74. The lowest BCUT2D eigenvalue weighted by Gasteiger charge is -2.22. The number of nitrogens with zero attached hydrogens (tertiary/aromatic N) is 2. The van der Waals surface area contributed by atoms with Gasteiger partial charge in [0.25, 0.3) is 5.91 Å². The highest BCUT2D eigenvalue weighted by molar-refractivity contribution is 9.10. The Morgan fingerprint density at radius 2 is 1.86 bits per heavy atom. The van der Waals surface area contributed by atoms with Crippen LogP contribution in [0.3, 0.4) is 0 Å². The maximum atomic E-state index is 13.5. The van der Waals surface area contributed by atoms with Gasteiger partial charge in [-0.1, -0.05) is 13.0 Å². The molecule has 0 atom stereocenters. The Labute approximate surface area is 132 Å². The summed E-state index contributed by atoms with van der Waals surface area (Å²) >= 11 is 3.13. The predicted molar refractivity (Wildman–Crippen MR) is 81.5 cm³/mol. The molecule has 1 aliphatic heterocycles. The monoisotopic (exact) mass is 356 g/mol. The molecule has 0 spiro atoms. The molecule has 1 aromatic carbocycles. The van der Waals surface area contributed by atoms with Crippen LogP contribution in [0.25, 0.3) is 0 Å². The van der Waals surface area contributed by atoms with E-state index in [1.807, 2.05) is 6.92 Å². The molecule has 0 unspecified atom stereocenters. The van der Waals surface area contributed by atoms with Crippen molar-refractivity contribution in [2.75, 3.05) is 26.2 Å². The number of hydrogen-bond donors (Lipinski definition) is 0. The summed E-state index contributed by atoms with van der Waals surface area (Å²) in [5.74, 6) is -0.540. The van der Waals surface area contributed by atoms with Crippen LogP contribution >= 0.6 is 15.9 Å². The summed E-state index contributed by atoms with van der Waals surface area (Å²) in [7, 11) is 0. The van der Waals surface area contributed by atoms with Gasteiger partial charge < -0.3 is 9.80 Å². The van der Waals surface area contributed by atoms with Gasteiger partial charge in [-0.25, -0.2) is 4.39 Å². The molecule has 0 aromatic heterocycles. The van der Waals surface area contributed by atoms with Gasteiger partial charge >= 0.3 is 0 Å². The van der Waals surface area contributed by atoms with E-state index in [1.54, 1.807) is 15.9 Å². The van der Waals surface area contributed by atoms with Crippen molar-refractivity contribution >= 4 is 27.7 Å². The third-order valence-electron chi connectivity index (χ3n) is 3.62. The summed E-state index contributed by atoms with van der Waals surface area (Å²) in [5, 5.41) is 0. The van der Waals surface area contributed by atoms with Crippen LogP contribution in [0.15, 0.2) is 22.7 Å². The van der Waals surface area contributed by atoms with Crippen molar-refractivity contribution in [3.8, 4) is 0 Å². The van der Waals surface area contributed by atoms with Gasteiger partial charge in [0.1, 0.15) is 5.82 Å². The molecule has 0 saturated carbocycles. The third kappa shape index (κ3) is 3.61. The molecule has 0 bridgehead atoms. The largest absolute Gasteiger partial charge is 0.341 e. The number of benzene rings is 1. The molecule has 2 rings (SSSR count). The number of carbonyl (C=O) groups is 2. The molecule has 1 fully saturated rings. The molecule has 114 valence electrons. The number of hydrogen-bond acceptors (Lipinski definition) is 2. The second-order valence-electron chi connectivity index (χ2n) is 4.98. The van der Waals surface area contributed by atoms with E-state index in [2.05, 4.69) is 15.9 Å². The standard InChI is InChI=1S/C15H18BrFN2O2/c1-2-13(20)18-7-4-8-19(10-9-18)15(21)11-5-3-6-12(17)14(11)16/h3,5-6H,2,4,7-10H2,1H3. The minimum atomic E-state index is -0.446. The van der Waals surface area contributed by atoms with Crippen molar-refractivity contribution in [3.63, 3.8) is 0 Å². The first-order valence-electron chi connectivity index (χ1n) is 7.05. The second-order valence-corrected chi connectivity index (χ2v) is 5.77. The first kappa shape index (κ1) is 15.9. The highest BCUT2D eigenvalue weighted by Crippen LogP contribution is 2.22. The summed E-state index contributed by atoms with van der Waals surface area (Å²) in [6, 6.07) is 4.44. The first-order chi connectivity index (χ1) is 10.0. The zero-order chi connectivity index (χ0) is 15.4. The summed E-state index contributed by atoms with van der Waals surface area (Å²) in [6.45, 7) is 4.09. The quantitative estimate of drug-likeness (QED) is 0.817. The normalized spacial score (nSPS) is 15.8. The van der Waals surface area contributed by atoms with Crippen LogP contribution < -0.4 is 0 Å². The summed E-state index contributed by atoms with van der Waals surface area (Å²) < 4.78 is 13.7. The maximum absolute atomic E-state index is 13.5. The first-order valence-corrected chi connectivity index (χ1v) is 7.85. The summed E-state index contributed by atoms with van der Waals surface area (Å²) in [5.41, 5.74) is 0.324. The Morgan fingerprint density at radius 3 is 2.57 bits per heavy atom. The number of carbonyl (C=O) groups excluding carboxylic acids is 2. The Kier molecular flexibility index (Phi) is 5.33. The fraction of sp³-hybridized carbons (Fsp3) is 0.467. The smallest absolute Gasteiger partial charge is 0.255 e. The van der Waals surface area contributed by atoms with Crippen LogP contribution in [0.1, 0.15) is 30.1 Å². The number of amides is 2. The van der Waals surface area contributed by atoms with E-state index < -0.39 is 5.82 Å². The van der Waals surface area contributed by atoms with Gasteiger partial charge in [-0.3, -0.25) is 9.59 Å². The minimum absolute atomic E-state index is 0.108. The fourth-order valence-electron chi connectivity index (χ4n) is 2.43. The number of halogens is 2. The van der Waals surface area contributed by atoms with Crippen molar-refractivity contribution in [3.05, 3.63) is 34.1 Å². The summed E-state index contributed by atoms with van der Waals surface area (Å²) in [6.07, 6.45) is 1.22. The van der Waals surface area contributed by atoms with Crippen LogP contribution in [0, 0.1) is 5.82 Å². The van der Waals surface area contributed by atoms with Gasteiger partial charge in [-0.05, 0) is 34.5 Å². The van der Waals surface area contributed by atoms with E-state index in [1.165, 1.54) is 12.1 Å². The van der Waals surface area contributed by atoms with Gasteiger partial charge in [-0.15, -0.1) is 0 Å². The van der Waals surface area contributed by atoms with Crippen LogP contribution in [-0.4, -0.2) is 47.8 Å². The third-order valence-corrected chi connectivity index (χ3v) is 4.43. The van der Waals surface area contributed by atoms with E-state index in [0.717, 1.165) is 6.42 Å². The summed E-state index contributed by atoms with van der Waals surface area (Å²) in [4.78, 5) is 27.7. The molecular weight excluding hydrogens is 339 g/mol. The fourth-order valence-corrected chi connectivity index (χ4v) is 2.87. The number of rotatable bonds is 2. The minimum Gasteiger partial charge on any atom is -0.341 e. The highest BCUT2D eigenvalue weighted by Gasteiger charge is 2.23. The van der Waals surface area contributed by atoms with Crippen LogP contribution in [-0.2, 0) is 4.79 Å². The highest BCUT2D eigenvalue weighted by atomic mass is 79.9. The molecule has 1 aliphatic rings. The molecular formula is C15H18BrFN2O2. The Morgan fingerprint density at radius 1 is 1.19 bits per heavy atom. The maximum Gasteiger partial charge on any atom is 0.255 e. The van der Waals surface area contributed by atoms with Gasteiger partial charge in [0, 0.05) is 32.6 Å². The van der Waals surface area contributed by atoms with E-state index in [4.69, 9.17) is 0 Å². The van der Waals surface area contributed by atoms with Crippen molar-refractivity contribution in [1.29, 1.82) is 0 Å². The van der Waals surface area contributed by atoms with Gasteiger partial charge in [-0.2, -0.15) is 0 Å². The SMILES string of the molecule is CCC(=O)N1CCCN(C(=O)c2cccc(F)c2Br)CC1. The Balaban J connectivity index is 2.10. The van der Waals surface area contributed by atoms with E-state index >= 15 is 0 Å². The van der Waals surface area contributed by atoms with Crippen LogP contribution in [0.2, 0.25) is 0 Å². The van der Waals surface area contributed by atoms with E-state index in [-0.39, 0.29) is 16.3 Å². The average molecular weight is 357 g/mol. The van der Waals surface area contributed by atoms with E-state index in [9.17, 15) is 14.0 Å². The van der Waals surface area contributed by atoms with Crippen LogP contribution in [0.4, 0.5) is 4.39 Å². The predicted octanol–water partition coefficient (Wildman–Crippen LogP) is 2.67. The topological polar surface area (TPSA) is 40.6 Å². The molecule has 1 heterocycles. The lowest BCUT2D eigenvalue weighted by Crippen LogP contribution is -2.37. The zero-order valence-corrected chi connectivity index (χ0v) is 13.5.